The number of nitrogens with zero attached hydrogens (tertiary/aromatic N) is 4. The summed E-state index contributed by atoms with van der Waals surface area (Å²) in [5.41, 5.74) is 11.1. The van der Waals surface area contributed by atoms with Gasteiger partial charge in [-0.3, -0.25) is 0 Å². The predicted molar refractivity (Wildman–Crippen MR) is 231 cm³/mol. The Labute approximate surface area is 328 Å². The molecule has 0 spiro atoms. The van der Waals surface area contributed by atoms with E-state index in [-0.39, 0.29) is 0 Å². The number of anilines is 3. The van der Waals surface area contributed by atoms with Crippen LogP contribution in [0.5, 0.6) is 0 Å². The number of aromatic nitrogens is 3. The zero-order valence-electron chi connectivity index (χ0n) is 30.6. The molecule has 0 radical (unpaired) electrons. The quantitative estimate of drug-likeness (QED) is 0.162. The number of furan rings is 2. The Morgan fingerprint density at radius 2 is 0.789 bits per heavy atom. The van der Waals surface area contributed by atoms with Crippen molar-refractivity contribution in [2.24, 2.45) is 0 Å². The van der Waals surface area contributed by atoms with Gasteiger partial charge in [0.05, 0.1) is 5.69 Å². The van der Waals surface area contributed by atoms with E-state index in [2.05, 4.69) is 126 Å². The van der Waals surface area contributed by atoms with Crippen molar-refractivity contribution in [3.63, 3.8) is 0 Å². The molecule has 0 aliphatic heterocycles. The first-order valence-electron chi connectivity index (χ1n) is 18.9. The van der Waals surface area contributed by atoms with E-state index in [0.29, 0.717) is 17.5 Å². The summed E-state index contributed by atoms with van der Waals surface area (Å²) in [7, 11) is 0. The average Bonchev–Trinajstić information content (AvgIpc) is 3.86. The first-order valence-corrected chi connectivity index (χ1v) is 18.9. The third-order valence-corrected chi connectivity index (χ3v) is 10.5. The van der Waals surface area contributed by atoms with Crippen LogP contribution in [0.4, 0.5) is 17.1 Å². The van der Waals surface area contributed by atoms with Crippen molar-refractivity contribution in [1.29, 1.82) is 0 Å². The van der Waals surface area contributed by atoms with Crippen molar-refractivity contribution >= 4 is 60.9 Å². The summed E-state index contributed by atoms with van der Waals surface area (Å²) in [5.74, 6) is 1.70. The first kappa shape index (κ1) is 32.6. The van der Waals surface area contributed by atoms with Gasteiger partial charge in [0.25, 0.3) is 0 Å². The van der Waals surface area contributed by atoms with E-state index in [0.717, 1.165) is 83.2 Å². The summed E-state index contributed by atoms with van der Waals surface area (Å²) < 4.78 is 13.1. The Morgan fingerprint density at radius 1 is 0.316 bits per heavy atom. The van der Waals surface area contributed by atoms with Gasteiger partial charge in [0.15, 0.2) is 23.1 Å². The Balaban J connectivity index is 1.04. The highest BCUT2D eigenvalue weighted by atomic mass is 16.3. The molecule has 6 heteroatoms. The molecule has 0 aliphatic rings. The maximum absolute atomic E-state index is 6.84. The van der Waals surface area contributed by atoms with Gasteiger partial charge in [-0.05, 0) is 71.8 Å². The van der Waals surface area contributed by atoms with Crippen LogP contribution in [0.15, 0.2) is 203 Å². The maximum atomic E-state index is 6.84. The molecule has 0 saturated heterocycles. The van der Waals surface area contributed by atoms with Gasteiger partial charge in [-0.1, -0.05) is 133 Å². The number of para-hydroxylation sites is 3. The fourth-order valence-electron chi connectivity index (χ4n) is 7.75. The average molecular weight is 733 g/mol. The molecule has 8 aromatic carbocycles. The first-order chi connectivity index (χ1) is 28.2. The highest BCUT2D eigenvalue weighted by Gasteiger charge is 2.21. The smallest absolute Gasteiger partial charge is 0.164 e. The zero-order valence-corrected chi connectivity index (χ0v) is 30.6. The molecule has 11 aromatic rings. The lowest BCUT2D eigenvalue weighted by atomic mass is 10.0. The lowest BCUT2D eigenvalue weighted by molar-refractivity contribution is 0.669. The molecule has 57 heavy (non-hydrogen) atoms. The van der Waals surface area contributed by atoms with Crippen LogP contribution in [0.25, 0.3) is 89.2 Å². The predicted octanol–water partition coefficient (Wildman–Crippen LogP) is 13.8. The molecule has 0 atom stereocenters. The molecule has 3 heterocycles. The van der Waals surface area contributed by atoms with Crippen molar-refractivity contribution < 1.29 is 8.83 Å². The second-order valence-corrected chi connectivity index (χ2v) is 14.0. The fraction of sp³-hybridized carbons (Fsp3) is 0. The normalized spacial score (nSPS) is 11.5. The van der Waals surface area contributed by atoms with E-state index < -0.39 is 0 Å². The van der Waals surface area contributed by atoms with Crippen LogP contribution in [-0.4, -0.2) is 15.0 Å². The molecule has 268 valence electrons. The Morgan fingerprint density at radius 3 is 1.47 bits per heavy atom. The van der Waals surface area contributed by atoms with Crippen LogP contribution in [0.1, 0.15) is 0 Å². The van der Waals surface area contributed by atoms with Gasteiger partial charge in [0.1, 0.15) is 16.7 Å². The molecule has 0 N–H and O–H groups in total. The van der Waals surface area contributed by atoms with Crippen LogP contribution in [0, 0.1) is 0 Å². The van der Waals surface area contributed by atoms with E-state index in [1.165, 1.54) is 5.56 Å². The zero-order chi connectivity index (χ0) is 37.7. The molecule has 0 fully saturated rings. The van der Waals surface area contributed by atoms with Crippen LogP contribution in [0.2, 0.25) is 0 Å². The third kappa shape index (κ3) is 5.79. The molecule has 0 unspecified atom stereocenters. The molecular formula is C51H32N4O2. The largest absolute Gasteiger partial charge is 0.456 e. The maximum Gasteiger partial charge on any atom is 0.164 e. The van der Waals surface area contributed by atoms with Crippen molar-refractivity contribution in [1.82, 2.24) is 15.0 Å². The summed E-state index contributed by atoms with van der Waals surface area (Å²) in [6.45, 7) is 0. The van der Waals surface area contributed by atoms with Gasteiger partial charge in [0.2, 0.25) is 0 Å². The molecule has 11 rings (SSSR count). The molecule has 3 aromatic heterocycles. The monoisotopic (exact) mass is 732 g/mol. The Kier molecular flexibility index (Phi) is 7.71. The van der Waals surface area contributed by atoms with E-state index >= 15 is 0 Å². The summed E-state index contributed by atoms with van der Waals surface area (Å²) >= 11 is 0. The molecule has 0 aliphatic carbocycles. The minimum Gasteiger partial charge on any atom is -0.456 e. The topological polar surface area (TPSA) is 68.2 Å². The number of rotatable bonds is 7. The molecule has 0 amide bonds. The van der Waals surface area contributed by atoms with Gasteiger partial charge in [-0.15, -0.1) is 0 Å². The van der Waals surface area contributed by atoms with Crippen molar-refractivity contribution in [2.75, 3.05) is 4.90 Å². The molecule has 6 nitrogen and oxygen atoms in total. The summed E-state index contributed by atoms with van der Waals surface area (Å²) in [4.78, 5) is 17.3. The van der Waals surface area contributed by atoms with Gasteiger partial charge < -0.3 is 13.7 Å². The van der Waals surface area contributed by atoms with Crippen LogP contribution in [0.3, 0.4) is 0 Å². The van der Waals surface area contributed by atoms with Gasteiger partial charge in [0, 0.05) is 49.6 Å². The van der Waals surface area contributed by atoms with Crippen molar-refractivity contribution in [2.45, 2.75) is 0 Å². The SMILES string of the molecule is c1ccc(-c2ccc(N(c3ccccc3)c3cccc4c3oc3cc(-c5nc(-c6ccccc6)nc(-c6ccc7c(c6)oc6ccccc67)n5)ccc34)cc2)cc1. The van der Waals surface area contributed by atoms with E-state index in [4.69, 9.17) is 23.8 Å². The Bertz CT molecular complexity index is 3230. The number of hydrogen-bond acceptors (Lipinski definition) is 6. The number of benzene rings is 8. The lowest BCUT2D eigenvalue weighted by Gasteiger charge is -2.25. The van der Waals surface area contributed by atoms with E-state index in [1.54, 1.807) is 0 Å². The molecule has 0 saturated carbocycles. The van der Waals surface area contributed by atoms with Crippen LogP contribution in [-0.2, 0) is 0 Å². The van der Waals surface area contributed by atoms with E-state index in [1.807, 2.05) is 72.8 Å². The molecule has 0 bridgehead atoms. The van der Waals surface area contributed by atoms with Crippen LogP contribution >= 0.6 is 0 Å². The standard InChI is InChI=1S/C51H32N4O2/c1-4-13-33(14-5-1)34-23-27-39(28-24-34)55(38-17-8-3-9-18-38)44-21-12-20-43-42-30-26-37(32-47(42)57-48(43)44)51-53-49(35-15-6-2-7-16-35)52-50(54-51)36-25-29-41-40-19-10-11-22-45(40)56-46(41)31-36/h1-32H. The molecular weight excluding hydrogens is 701 g/mol. The van der Waals surface area contributed by atoms with Gasteiger partial charge in [-0.25, -0.2) is 15.0 Å². The Hall–Kier alpha value is -7.83. The van der Waals surface area contributed by atoms with Gasteiger partial charge in [-0.2, -0.15) is 0 Å². The lowest BCUT2D eigenvalue weighted by Crippen LogP contribution is -2.10. The van der Waals surface area contributed by atoms with Crippen molar-refractivity contribution in [3.8, 4) is 45.3 Å². The van der Waals surface area contributed by atoms with Crippen molar-refractivity contribution in [3.05, 3.63) is 194 Å². The number of fused-ring (bicyclic) bond motifs is 6. The second kappa shape index (κ2) is 13.5. The summed E-state index contributed by atoms with van der Waals surface area (Å²) in [5, 5.41) is 4.17. The minimum atomic E-state index is 0.551. The highest BCUT2D eigenvalue weighted by Crippen LogP contribution is 2.43. The number of hydrogen-bond donors (Lipinski definition) is 0. The summed E-state index contributed by atoms with van der Waals surface area (Å²) in [6, 6.07) is 66.3. The second-order valence-electron chi connectivity index (χ2n) is 14.0. The summed E-state index contributed by atoms with van der Waals surface area (Å²) in [6.07, 6.45) is 0. The van der Waals surface area contributed by atoms with Gasteiger partial charge >= 0.3 is 0 Å². The minimum absolute atomic E-state index is 0.551. The fourth-order valence-corrected chi connectivity index (χ4v) is 7.75. The highest BCUT2D eigenvalue weighted by molar-refractivity contribution is 6.11. The van der Waals surface area contributed by atoms with E-state index in [9.17, 15) is 0 Å². The van der Waals surface area contributed by atoms with Crippen LogP contribution < -0.4 is 4.90 Å². The third-order valence-electron chi connectivity index (χ3n) is 10.5.